The molecule has 0 unspecified atom stereocenters. The van der Waals surface area contributed by atoms with Gasteiger partial charge in [0.15, 0.2) is 0 Å². The molecule has 1 aromatic rings. The highest BCUT2D eigenvalue weighted by atomic mass is 16.5. The van der Waals surface area contributed by atoms with E-state index in [1.165, 1.54) is 24.8 Å². The fourth-order valence-corrected chi connectivity index (χ4v) is 3.64. The number of rotatable bonds is 3. The molecule has 2 aliphatic rings. The van der Waals surface area contributed by atoms with Crippen LogP contribution in [-0.4, -0.2) is 6.61 Å². The van der Waals surface area contributed by atoms with Crippen molar-refractivity contribution in [3.8, 4) is 11.8 Å². The molecule has 1 spiro atoms. The maximum Gasteiger partial charge on any atom is 0.119 e. The number of hydrogen-bond donors (Lipinski definition) is 0. The van der Waals surface area contributed by atoms with Crippen molar-refractivity contribution >= 4 is 0 Å². The third kappa shape index (κ3) is 1.61. The zero-order chi connectivity index (χ0) is 12.6. The van der Waals surface area contributed by atoms with Crippen molar-refractivity contribution in [3.63, 3.8) is 0 Å². The van der Waals surface area contributed by atoms with E-state index in [2.05, 4.69) is 18.2 Å². The Morgan fingerprint density at radius 2 is 1.89 bits per heavy atom. The van der Waals surface area contributed by atoms with Crippen LogP contribution in [0.2, 0.25) is 0 Å². The normalized spacial score (nSPS) is 22.7. The van der Waals surface area contributed by atoms with E-state index in [9.17, 15) is 5.26 Å². The van der Waals surface area contributed by atoms with E-state index in [-0.39, 0.29) is 5.41 Å². The molecule has 0 atom stereocenters. The summed E-state index contributed by atoms with van der Waals surface area (Å²) in [5, 5.41) is 9.53. The summed E-state index contributed by atoms with van der Waals surface area (Å²) in [5.41, 5.74) is 1.48. The minimum atomic E-state index is -0.217. The predicted octanol–water partition coefficient (Wildman–Crippen LogP) is 3.81. The Kier molecular flexibility index (Phi) is 2.59. The summed E-state index contributed by atoms with van der Waals surface area (Å²) in [6.07, 6.45) is 6.13. The van der Waals surface area contributed by atoms with E-state index in [0.717, 1.165) is 18.6 Å². The van der Waals surface area contributed by atoms with Gasteiger partial charge in [-0.15, -0.1) is 0 Å². The van der Waals surface area contributed by atoms with Gasteiger partial charge in [-0.2, -0.15) is 5.26 Å². The molecule has 2 fully saturated rings. The topological polar surface area (TPSA) is 33.0 Å². The van der Waals surface area contributed by atoms with E-state index in [4.69, 9.17) is 4.74 Å². The first kappa shape index (κ1) is 11.6. The summed E-state index contributed by atoms with van der Waals surface area (Å²) in [6, 6.07) is 10.7. The van der Waals surface area contributed by atoms with E-state index in [0.29, 0.717) is 12.0 Å². The lowest BCUT2D eigenvalue weighted by molar-refractivity contribution is -0.0227. The lowest BCUT2D eigenvalue weighted by Gasteiger charge is -2.58. The smallest absolute Gasteiger partial charge is 0.119 e. The summed E-state index contributed by atoms with van der Waals surface area (Å²) in [7, 11) is 0. The third-order valence-electron chi connectivity index (χ3n) is 4.70. The maximum atomic E-state index is 9.53. The monoisotopic (exact) mass is 241 g/mol. The Morgan fingerprint density at radius 3 is 2.33 bits per heavy atom. The third-order valence-corrected chi connectivity index (χ3v) is 4.70. The van der Waals surface area contributed by atoms with E-state index in [1.54, 1.807) is 0 Å². The Bertz CT molecular complexity index is 471. The largest absolute Gasteiger partial charge is 0.494 e. The van der Waals surface area contributed by atoms with Crippen LogP contribution >= 0.6 is 0 Å². The van der Waals surface area contributed by atoms with Gasteiger partial charge >= 0.3 is 0 Å². The van der Waals surface area contributed by atoms with E-state index < -0.39 is 0 Å². The van der Waals surface area contributed by atoms with Crippen molar-refractivity contribution in [3.05, 3.63) is 29.8 Å². The van der Waals surface area contributed by atoms with Crippen LogP contribution in [0.1, 0.15) is 44.6 Å². The molecule has 0 bridgehead atoms. The van der Waals surface area contributed by atoms with Gasteiger partial charge in [0, 0.05) is 0 Å². The molecule has 3 rings (SSSR count). The maximum absolute atomic E-state index is 9.53. The standard InChI is InChI=1S/C16H19NO/c1-2-18-14-6-4-13(5-7-14)16(12-17)10-15(11-16)8-3-9-15/h4-7H,2-3,8-11H2,1H3. The highest BCUT2D eigenvalue weighted by Gasteiger charge is 2.58. The molecule has 2 saturated carbocycles. The van der Waals surface area contributed by atoms with Crippen LogP contribution in [0.15, 0.2) is 24.3 Å². The second-order valence-electron chi connectivity index (χ2n) is 5.86. The number of nitriles is 1. The Labute approximate surface area is 109 Å². The molecule has 2 aliphatic carbocycles. The molecule has 0 heterocycles. The van der Waals surface area contributed by atoms with Crippen LogP contribution in [0, 0.1) is 16.7 Å². The fourth-order valence-electron chi connectivity index (χ4n) is 3.64. The van der Waals surface area contributed by atoms with Crippen LogP contribution in [0.5, 0.6) is 5.75 Å². The van der Waals surface area contributed by atoms with Crippen LogP contribution < -0.4 is 4.74 Å². The molecule has 0 N–H and O–H groups in total. The molecular weight excluding hydrogens is 222 g/mol. The highest BCUT2D eigenvalue weighted by molar-refractivity contribution is 5.41. The highest BCUT2D eigenvalue weighted by Crippen LogP contribution is 2.64. The number of ether oxygens (including phenoxy) is 1. The molecule has 0 radical (unpaired) electrons. The van der Waals surface area contributed by atoms with Gasteiger partial charge in [0.2, 0.25) is 0 Å². The average molecular weight is 241 g/mol. The fraction of sp³-hybridized carbons (Fsp3) is 0.562. The zero-order valence-electron chi connectivity index (χ0n) is 10.9. The number of hydrogen-bond acceptors (Lipinski definition) is 2. The summed E-state index contributed by atoms with van der Waals surface area (Å²) in [5.74, 6) is 0.895. The predicted molar refractivity (Wildman–Crippen MR) is 70.4 cm³/mol. The van der Waals surface area contributed by atoms with Gasteiger partial charge in [0.25, 0.3) is 0 Å². The molecule has 0 aromatic heterocycles. The van der Waals surface area contributed by atoms with Gasteiger partial charge in [-0.3, -0.25) is 0 Å². The van der Waals surface area contributed by atoms with Gasteiger partial charge < -0.3 is 4.74 Å². The first-order chi connectivity index (χ1) is 8.72. The summed E-state index contributed by atoms with van der Waals surface area (Å²) in [6.45, 7) is 2.67. The molecule has 1 aromatic carbocycles. The lowest BCUT2D eigenvalue weighted by atomic mass is 9.44. The Morgan fingerprint density at radius 1 is 1.22 bits per heavy atom. The summed E-state index contributed by atoms with van der Waals surface area (Å²) >= 11 is 0. The zero-order valence-corrected chi connectivity index (χ0v) is 10.9. The molecule has 2 nitrogen and oxygen atoms in total. The minimum absolute atomic E-state index is 0.217. The van der Waals surface area contributed by atoms with Crippen molar-refractivity contribution in [1.82, 2.24) is 0 Å². The molecule has 0 saturated heterocycles. The van der Waals surface area contributed by atoms with Crippen molar-refractivity contribution in [2.24, 2.45) is 5.41 Å². The Hall–Kier alpha value is -1.49. The SMILES string of the molecule is CCOc1ccc(C2(C#N)CC3(CCC3)C2)cc1. The van der Waals surface area contributed by atoms with Crippen molar-refractivity contribution < 1.29 is 4.74 Å². The molecule has 94 valence electrons. The van der Waals surface area contributed by atoms with Crippen LogP contribution in [0.3, 0.4) is 0 Å². The van der Waals surface area contributed by atoms with E-state index >= 15 is 0 Å². The van der Waals surface area contributed by atoms with E-state index in [1.807, 2.05) is 19.1 Å². The van der Waals surface area contributed by atoms with Crippen LogP contribution in [0.4, 0.5) is 0 Å². The summed E-state index contributed by atoms with van der Waals surface area (Å²) in [4.78, 5) is 0. The van der Waals surface area contributed by atoms with Crippen molar-refractivity contribution in [2.75, 3.05) is 6.61 Å². The second-order valence-corrected chi connectivity index (χ2v) is 5.86. The average Bonchev–Trinajstić information content (AvgIpc) is 2.29. The first-order valence-electron chi connectivity index (χ1n) is 6.87. The van der Waals surface area contributed by atoms with Gasteiger partial charge in [0.05, 0.1) is 18.1 Å². The molecule has 0 aliphatic heterocycles. The molecule has 2 heteroatoms. The number of nitrogens with zero attached hydrogens (tertiary/aromatic N) is 1. The van der Waals surface area contributed by atoms with Crippen LogP contribution in [0.25, 0.3) is 0 Å². The Balaban J connectivity index is 1.79. The molecule has 0 amide bonds. The summed E-state index contributed by atoms with van der Waals surface area (Å²) < 4.78 is 5.45. The van der Waals surface area contributed by atoms with Crippen molar-refractivity contribution in [1.29, 1.82) is 5.26 Å². The second kappa shape index (κ2) is 4.02. The van der Waals surface area contributed by atoms with Gasteiger partial charge in [0.1, 0.15) is 5.75 Å². The molecule has 18 heavy (non-hydrogen) atoms. The quantitative estimate of drug-likeness (QED) is 0.806. The van der Waals surface area contributed by atoms with Gasteiger partial charge in [-0.25, -0.2) is 0 Å². The van der Waals surface area contributed by atoms with Gasteiger partial charge in [-0.05, 0) is 55.7 Å². The van der Waals surface area contributed by atoms with Gasteiger partial charge in [-0.1, -0.05) is 18.6 Å². The molecular formula is C16H19NO. The lowest BCUT2D eigenvalue weighted by Crippen LogP contribution is -2.52. The minimum Gasteiger partial charge on any atom is -0.494 e. The number of benzene rings is 1. The van der Waals surface area contributed by atoms with Crippen LogP contribution in [-0.2, 0) is 5.41 Å². The first-order valence-corrected chi connectivity index (χ1v) is 6.87. The van der Waals surface area contributed by atoms with Crippen molar-refractivity contribution in [2.45, 2.75) is 44.4 Å².